The molecule has 0 spiro atoms. The molecule has 1 aromatic rings. The third kappa shape index (κ3) is 1.87. The summed E-state index contributed by atoms with van der Waals surface area (Å²) in [5.41, 5.74) is 2.74. The number of nitrogens with one attached hydrogen (secondary N) is 1. The van der Waals surface area contributed by atoms with Crippen molar-refractivity contribution in [1.82, 2.24) is 4.72 Å². The maximum atomic E-state index is 4.15. The predicted molar refractivity (Wildman–Crippen MR) is 61.4 cm³/mol. The Morgan fingerprint density at radius 3 is 3.15 bits per heavy atom. The van der Waals surface area contributed by atoms with Crippen molar-refractivity contribution >= 4 is 24.6 Å². The molecule has 13 heavy (non-hydrogen) atoms. The number of rotatable bonds is 1. The summed E-state index contributed by atoms with van der Waals surface area (Å²) < 4.78 is 3.06. The van der Waals surface area contributed by atoms with E-state index in [-0.39, 0.29) is 0 Å². The zero-order valence-electron chi connectivity index (χ0n) is 7.58. The lowest BCUT2D eigenvalue weighted by Gasteiger charge is -2.24. The summed E-state index contributed by atoms with van der Waals surface area (Å²) in [6.45, 7) is 2.14. The molecule has 1 aliphatic heterocycles. The van der Waals surface area contributed by atoms with Gasteiger partial charge in [0, 0.05) is 10.9 Å². The second-order valence-electron chi connectivity index (χ2n) is 3.36. The molecular formula is C10H13NS2. The van der Waals surface area contributed by atoms with Crippen molar-refractivity contribution in [2.75, 3.05) is 5.75 Å². The van der Waals surface area contributed by atoms with Gasteiger partial charge in [-0.2, -0.15) is 0 Å². The molecule has 0 saturated carbocycles. The average Bonchev–Trinajstić information content (AvgIpc) is 2.16. The van der Waals surface area contributed by atoms with Crippen molar-refractivity contribution in [2.24, 2.45) is 0 Å². The molecule has 1 heterocycles. The van der Waals surface area contributed by atoms with Crippen LogP contribution in [0.3, 0.4) is 0 Å². The quantitative estimate of drug-likeness (QED) is 0.693. The summed E-state index contributed by atoms with van der Waals surface area (Å²) in [4.78, 5) is 1.41. The standard InChI is InChI=1S/C10H13NS2/c1-7-2-3-8-9(11-12)4-5-13-10(8)6-7/h2-3,6,9,11-12H,4-5H2,1H3. The second-order valence-corrected chi connectivity index (χ2v) is 4.76. The highest BCUT2D eigenvalue weighted by molar-refractivity contribution is 7.99. The monoisotopic (exact) mass is 211 g/mol. The Morgan fingerprint density at radius 2 is 2.38 bits per heavy atom. The molecule has 3 heteroatoms. The fourth-order valence-electron chi connectivity index (χ4n) is 1.63. The van der Waals surface area contributed by atoms with Crippen molar-refractivity contribution in [1.29, 1.82) is 0 Å². The van der Waals surface area contributed by atoms with Crippen LogP contribution in [0.2, 0.25) is 0 Å². The third-order valence-electron chi connectivity index (χ3n) is 2.36. The molecule has 2 rings (SSSR count). The van der Waals surface area contributed by atoms with Crippen LogP contribution in [0.4, 0.5) is 0 Å². The van der Waals surface area contributed by atoms with Crippen LogP contribution in [0.1, 0.15) is 23.6 Å². The summed E-state index contributed by atoms with van der Waals surface area (Å²) in [6.07, 6.45) is 1.17. The van der Waals surface area contributed by atoms with E-state index in [2.05, 4.69) is 42.7 Å². The molecule has 70 valence electrons. The Morgan fingerprint density at radius 1 is 1.54 bits per heavy atom. The number of fused-ring (bicyclic) bond motifs is 1. The summed E-state index contributed by atoms with van der Waals surface area (Å²) in [6, 6.07) is 7.07. The van der Waals surface area contributed by atoms with Gasteiger partial charge in [0.15, 0.2) is 0 Å². The highest BCUT2D eigenvalue weighted by Gasteiger charge is 2.18. The molecular weight excluding hydrogens is 198 g/mol. The van der Waals surface area contributed by atoms with Gasteiger partial charge < -0.3 is 0 Å². The number of hydrogen-bond donors (Lipinski definition) is 2. The van der Waals surface area contributed by atoms with Crippen LogP contribution in [-0.4, -0.2) is 5.75 Å². The predicted octanol–water partition coefficient (Wildman–Crippen LogP) is 2.97. The van der Waals surface area contributed by atoms with Crippen molar-refractivity contribution < 1.29 is 0 Å². The van der Waals surface area contributed by atoms with Crippen molar-refractivity contribution in [3.8, 4) is 0 Å². The highest BCUT2D eigenvalue weighted by atomic mass is 32.2. The Balaban J connectivity index is 2.40. The van der Waals surface area contributed by atoms with Crippen LogP contribution in [0.25, 0.3) is 0 Å². The number of thiol groups is 1. The van der Waals surface area contributed by atoms with Crippen LogP contribution < -0.4 is 4.72 Å². The minimum absolute atomic E-state index is 0.431. The van der Waals surface area contributed by atoms with Gasteiger partial charge >= 0.3 is 0 Å². The van der Waals surface area contributed by atoms with Gasteiger partial charge in [-0.15, -0.1) is 11.8 Å². The number of thioether (sulfide) groups is 1. The smallest absolute Gasteiger partial charge is 0.0438 e. The Kier molecular flexibility index (Phi) is 2.86. The molecule has 0 radical (unpaired) electrons. The van der Waals surface area contributed by atoms with E-state index >= 15 is 0 Å². The molecule has 1 unspecified atom stereocenters. The lowest BCUT2D eigenvalue weighted by Crippen LogP contribution is -2.16. The lowest BCUT2D eigenvalue weighted by molar-refractivity contribution is 0.639. The zero-order chi connectivity index (χ0) is 9.26. The first-order valence-corrected chi connectivity index (χ1v) is 5.87. The lowest BCUT2D eigenvalue weighted by atomic mass is 10.0. The third-order valence-corrected chi connectivity index (χ3v) is 3.78. The van der Waals surface area contributed by atoms with E-state index in [4.69, 9.17) is 0 Å². The van der Waals surface area contributed by atoms with Crippen LogP contribution in [0.5, 0.6) is 0 Å². The van der Waals surface area contributed by atoms with Gasteiger partial charge in [-0.3, -0.25) is 4.72 Å². The highest BCUT2D eigenvalue weighted by Crippen LogP contribution is 2.36. The first kappa shape index (κ1) is 9.44. The minimum Gasteiger partial charge on any atom is -0.259 e. The maximum Gasteiger partial charge on any atom is 0.0438 e. The van der Waals surface area contributed by atoms with Crippen LogP contribution in [0.15, 0.2) is 23.1 Å². The second kappa shape index (κ2) is 3.95. The molecule has 0 fully saturated rings. The topological polar surface area (TPSA) is 12.0 Å². The SMILES string of the molecule is Cc1ccc2c(c1)SCCC2NS. The molecule has 0 saturated heterocycles. The number of benzene rings is 1. The Hall–Kier alpha value is -0.120. The molecule has 1 aromatic carbocycles. The Bertz CT molecular complexity index is 312. The maximum absolute atomic E-state index is 4.15. The molecule has 1 N–H and O–H groups in total. The number of aryl methyl sites for hydroxylation is 1. The molecule has 0 bridgehead atoms. The van der Waals surface area contributed by atoms with E-state index in [0.29, 0.717) is 6.04 Å². The minimum atomic E-state index is 0.431. The van der Waals surface area contributed by atoms with E-state index in [1.165, 1.54) is 28.2 Å². The largest absolute Gasteiger partial charge is 0.259 e. The summed E-state index contributed by atoms with van der Waals surface area (Å²) in [7, 11) is 0. The van der Waals surface area contributed by atoms with E-state index < -0.39 is 0 Å². The van der Waals surface area contributed by atoms with E-state index in [9.17, 15) is 0 Å². The fraction of sp³-hybridized carbons (Fsp3) is 0.400. The van der Waals surface area contributed by atoms with Crippen molar-refractivity contribution in [3.63, 3.8) is 0 Å². The first-order chi connectivity index (χ1) is 6.31. The summed E-state index contributed by atoms with van der Waals surface area (Å²) in [5.74, 6) is 1.19. The Labute approximate surface area is 88.8 Å². The van der Waals surface area contributed by atoms with Crippen LogP contribution in [-0.2, 0) is 0 Å². The molecule has 1 aliphatic rings. The van der Waals surface area contributed by atoms with E-state index in [1.807, 2.05) is 11.8 Å². The zero-order valence-corrected chi connectivity index (χ0v) is 9.29. The average molecular weight is 211 g/mol. The summed E-state index contributed by atoms with van der Waals surface area (Å²) in [5, 5.41) is 0. The molecule has 0 aliphatic carbocycles. The van der Waals surface area contributed by atoms with Crippen LogP contribution in [0, 0.1) is 6.92 Å². The summed E-state index contributed by atoms with van der Waals surface area (Å²) >= 11 is 6.10. The first-order valence-electron chi connectivity index (χ1n) is 4.44. The van der Waals surface area contributed by atoms with Crippen molar-refractivity contribution in [3.05, 3.63) is 29.3 Å². The van der Waals surface area contributed by atoms with E-state index in [1.54, 1.807) is 0 Å². The van der Waals surface area contributed by atoms with Gasteiger partial charge in [-0.05, 0) is 36.3 Å². The molecule has 1 nitrogen and oxygen atoms in total. The van der Waals surface area contributed by atoms with Crippen molar-refractivity contribution in [2.45, 2.75) is 24.3 Å². The van der Waals surface area contributed by atoms with E-state index in [0.717, 1.165) is 0 Å². The van der Waals surface area contributed by atoms with Gasteiger partial charge in [-0.1, -0.05) is 24.9 Å². The fourth-order valence-corrected chi connectivity index (χ4v) is 3.12. The normalized spacial score (nSPS) is 21.2. The molecule has 1 atom stereocenters. The van der Waals surface area contributed by atoms with Gasteiger partial charge in [0.1, 0.15) is 0 Å². The van der Waals surface area contributed by atoms with Crippen LogP contribution >= 0.6 is 24.6 Å². The van der Waals surface area contributed by atoms with Gasteiger partial charge in [0.05, 0.1) is 0 Å². The number of hydrogen-bond acceptors (Lipinski definition) is 3. The molecule has 0 amide bonds. The molecule has 0 aromatic heterocycles. The van der Waals surface area contributed by atoms with Gasteiger partial charge in [0.2, 0.25) is 0 Å². The van der Waals surface area contributed by atoms with Gasteiger partial charge in [0.25, 0.3) is 0 Å². The van der Waals surface area contributed by atoms with Gasteiger partial charge in [-0.25, -0.2) is 0 Å².